The van der Waals surface area contributed by atoms with Gasteiger partial charge in [0.1, 0.15) is 5.15 Å². The minimum absolute atomic E-state index is 0.293. The molecular weight excluding hydrogens is 344 g/mol. The molecule has 100 valence electrons. The van der Waals surface area contributed by atoms with Crippen LogP contribution in [0.3, 0.4) is 0 Å². The zero-order valence-corrected chi connectivity index (χ0v) is 12.5. The fourth-order valence-corrected chi connectivity index (χ4v) is 2.71. The number of benzene rings is 1. The molecule has 0 atom stereocenters. The van der Waals surface area contributed by atoms with Gasteiger partial charge in [-0.1, -0.05) is 27.5 Å². The molecule has 6 heteroatoms. The zero-order valence-electron chi connectivity index (χ0n) is 10.1. The van der Waals surface area contributed by atoms with Crippen molar-refractivity contribution in [2.45, 2.75) is 6.54 Å². The minimum atomic E-state index is -0.522. The molecule has 1 amide bonds. The third-order valence-corrected chi connectivity index (χ3v) is 3.77. The number of pyridine rings is 1. The van der Waals surface area contributed by atoms with E-state index in [0.29, 0.717) is 22.9 Å². The Kier molecular flexibility index (Phi) is 3.31. The second-order valence-corrected chi connectivity index (χ2v) is 5.67. The van der Waals surface area contributed by atoms with E-state index in [-0.39, 0.29) is 0 Å². The molecule has 2 aromatic rings. The van der Waals surface area contributed by atoms with E-state index in [0.717, 1.165) is 10.0 Å². The van der Waals surface area contributed by atoms with Gasteiger partial charge in [-0.05, 0) is 35.9 Å². The van der Waals surface area contributed by atoms with E-state index < -0.39 is 11.7 Å². The fraction of sp³-hybridized carbons (Fsp3) is 0.0714. The Hall–Kier alpha value is -1.72. The monoisotopic (exact) mass is 350 g/mol. The van der Waals surface area contributed by atoms with E-state index in [1.807, 2.05) is 0 Å². The first kappa shape index (κ1) is 13.3. The van der Waals surface area contributed by atoms with E-state index in [4.69, 9.17) is 11.6 Å². The Bertz CT molecular complexity index is 733. The quantitative estimate of drug-likeness (QED) is 0.616. The predicted octanol–water partition coefficient (Wildman–Crippen LogP) is 3.23. The Morgan fingerprint density at radius 2 is 2.00 bits per heavy atom. The van der Waals surface area contributed by atoms with Crippen LogP contribution in [0.25, 0.3) is 0 Å². The summed E-state index contributed by atoms with van der Waals surface area (Å²) in [6.45, 7) is 0.293. The van der Waals surface area contributed by atoms with Gasteiger partial charge in [0.05, 0.1) is 17.8 Å². The predicted molar refractivity (Wildman–Crippen MR) is 78.9 cm³/mol. The highest BCUT2D eigenvalue weighted by molar-refractivity contribution is 9.10. The molecule has 0 bridgehead atoms. The number of halogens is 2. The summed E-state index contributed by atoms with van der Waals surface area (Å²) in [4.78, 5) is 29.4. The molecule has 1 aliphatic heterocycles. The van der Waals surface area contributed by atoms with Gasteiger partial charge in [0, 0.05) is 10.7 Å². The summed E-state index contributed by atoms with van der Waals surface area (Å²) in [7, 11) is 0. The number of hydrogen-bond donors (Lipinski definition) is 0. The highest BCUT2D eigenvalue weighted by atomic mass is 79.9. The van der Waals surface area contributed by atoms with Crippen LogP contribution in [0, 0.1) is 0 Å². The van der Waals surface area contributed by atoms with Crippen molar-refractivity contribution in [1.82, 2.24) is 4.98 Å². The van der Waals surface area contributed by atoms with Gasteiger partial charge in [-0.25, -0.2) is 4.98 Å². The first-order valence-electron chi connectivity index (χ1n) is 5.82. The SMILES string of the molecule is O=C1C(=O)N(Cc2ccnc(Cl)c2)c2ccc(Br)cc21. The van der Waals surface area contributed by atoms with Gasteiger partial charge in [0.25, 0.3) is 11.7 Å². The van der Waals surface area contributed by atoms with Crippen LogP contribution in [-0.4, -0.2) is 16.7 Å². The Balaban J connectivity index is 1.99. The van der Waals surface area contributed by atoms with Crippen molar-refractivity contribution in [3.05, 3.63) is 57.3 Å². The maximum absolute atomic E-state index is 12.1. The summed E-state index contributed by atoms with van der Waals surface area (Å²) in [5.74, 6) is -1.01. The number of fused-ring (bicyclic) bond motifs is 1. The summed E-state index contributed by atoms with van der Waals surface area (Å²) in [5.41, 5.74) is 1.86. The summed E-state index contributed by atoms with van der Waals surface area (Å²) < 4.78 is 0.770. The molecule has 0 saturated heterocycles. The van der Waals surface area contributed by atoms with Gasteiger partial charge in [-0.15, -0.1) is 0 Å². The van der Waals surface area contributed by atoms with Crippen molar-refractivity contribution in [3.8, 4) is 0 Å². The number of aromatic nitrogens is 1. The second-order valence-electron chi connectivity index (χ2n) is 4.37. The lowest BCUT2D eigenvalue weighted by atomic mass is 10.1. The highest BCUT2D eigenvalue weighted by Crippen LogP contribution is 2.32. The van der Waals surface area contributed by atoms with E-state index in [9.17, 15) is 9.59 Å². The number of amides is 1. The lowest BCUT2D eigenvalue weighted by Gasteiger charge is -2.16. The van der Waals surface area contributed by atoms with Crippen molar-refractivity contribution in [2.75, 3.05) is 4.90 Å². The van der Waals surface area contributed by atoms with Crippen LogP contribution in [0.4, 0.5) is 5.69 Å². The molecule has 1 aliphatic rings. The number of anilines is 1. The molecule has 1 aromatic carbocycles. The van der Waals surface area contributed by atoms with Crippen molar-refractivity contribution in [3.63, 3.8) is 0 Å². The fourth-order valence-electron chi connectivity index (χ4n) is 2.15. The topological polar surface area (TPSA) is 50.3 Å². The van der Waals surface area contributed by atoms with E-state index >= 15 is 0 Å². The second kappa shape index (κ2) is 5.00. The van der Waals surface area contributed by atoms with E-state index in [1.54, 1.807) is 36.5 Å². The Morgan fingerprint density at radius 1 is 1.20 bits per heavy atom. The van der Waals surface area contributed by atoms with Crippen LogP contribution < -0.4 is 4.90 Å². The first-order chi connectivity index (χ1) is 9.56. The first-order valence-corrected chi connectivity index (χ1v) is 6.99. The molecule has 0 saturated carbocycles. The van der Waals surface area contributed by atoms with Crippen molar-refractivity contribution in [1.29, 1.82) is 0 Å². The Labute approximate surface area is 128 Å². The molecule has 3 rings (SSSR count). The number of carbonyl (C=O) groups excluding carboxylic acids is 2. The van der Waals surface area contributed by atoms with Gasteiger partial charge in [0.15, 0.2) is 0 Å². The van der Waals surface area contributed by atoms with Gasteiger partial charge in [-0.2, -0.15) is 0 Å². The largest absolute Gasteiger partial charge is 0.300 e. The van der Waals surface area contributed by atoms with Gasteiger partial charge in [-0.3, -0.25) is 9.59 Å². The van der Waals surface area contributed by atoms with Crippen LogP contribution in [0.1, 0.15) is 15.9 Å². The minimum Gasteiger partial charge on any atom is -0.300 e. The van der Waals surface area contributed by atoms with E-state index in [2.05, 4.69) is 20.9 Å². The van der Waals surface area contributed by atoms with Gasteiger partial charge < -0.3 is 4.90 Å². The third-order valence-electron chi connectivity index (χ3n) is 3.07. The van der Waals surface area contributed by atoms with Gasteiger partial charge >= 0.3 is 0 Å². The molecule has 1 aromatic heterocycles. The summed E-state index contributed by atoms with van der Waals surface area (Å²) in [5, 5.41) is 0.358. The lowest BCUT2D eigenvalue weighted by Crippen LogP contribution is -2.29. The van der Waals surface area contributed by atoms with Crippen LogP contribution in [-0.2, 0) is 11.3 Å². The maximum atomic E-state index is 12.1. The van der Waals surface area contributed by atoms with Crippen LogP contribution in [0.15, 0.2) is 41.0 Å². The molecular formula is C14H8BrClN2O2. The Morgan fingerprint density at radius 3 is 2.75 bits per heavy atom. The van der Waals surface area contributed by atoms with Crippen molar-refractivity contribution >= 4 is 44.9 Å². The number of Topliss-reactive ketones (excluding diaryl/α,β-unsaturated/α-hetero) is 1. The van der Waals surface area contributed by atoms with Crippen LogP contribution >= 0.6 is 27.5 Å². The molecule has 0 unspecified atom stereocenters. The third kappa shape index (κ3) is 2.23. The zero-order chi connectivity index (χ0) is 14.3. The smallest absolute Gasteiger partial charge is 0.299 e. The molecule has 0 fully saturated rings. The summed E-state index contributed by atoms with van der Waals surface area (Å²) in [6, 6.07) is 8.66. The average Bonchev–Trinajstić information content (AvgIpc) is 2.64. The molecule has 2 heterocycles. The number of nitrogens with zero attached hydrogens (tertiary/aromatic N) is 2. The number of ketones is 1. The molecule has 0 aliphatic carbocycles. The lowest BCUT2D eigenvalue weighted by molar-refractivity contribution is -0.114. The standard InChI is InChI=1S/C14H8BrClN2O2/c15-9-1-2-11-10(6-9)13(19)14(20)18(11)7-8-3-4-17-12(16)5-8/h1-6H,7H2. The molecule has 0 radical (unpaired) electrons. The van der Waals surface area contributed by atoms with Crippen LogP contribution in [0.2, 0.25) is 5.15 Å². The molecule has 0 N–H and O–H groups in total. The normalized spacial score (nSPS) is 13.8. The molecule has 4 nitrogen and oxygen atoms in total. The molecule has 20 heavy (non-hydrogen) atoms. The van der Waals surface area contributed by atoms with Crippen molar-refractivity contribution in [2.24, 2.45) is 0 Å². The number of hydrogen-bond acceptors (Lipinski definition) is 3. The number of carbonyl (C=O) groups is 2. The van der Waals surface area contributed by atoms with Crippen LogP contribution in [0.5, 0.6) is 0 Å². The summed E-state index contributed by atoms with van der Waals surface area (Å²) >= 11 is 9.13. The highest BCUT2D eigenvalue weighted by Gasteiger charge is 2.35. The van der Waals surface area contributed by atoms with Crippen molar-refractivity contribution < 1.29 is 9.59 Å². The van der Waals surface area contributed by atoms with E-state index in [1.165, 1.54) is 4.90 Å². The average molecular weight is 352 g/mol. The maximum Gasteiger partial charge on any atom is 0.299 e. The number of rotatable bonds is 2. The molecule has 0 spiro atoms. The summed E-state index contributed by atoms with van der Waals surface area (Å²) in [6.07, 6.45) is 1.57. The van der Waals surface area contributed by atoms with Gasteiger partial charge in [0.2, 0.25) is 0 Å².